The van der Waals surface area contributed by atoms with Crippen LogP contribution in [0.5, 0.6) is 0 Å². The highest BCUT2D eigenvalue weighted by Gasteiger charge is 2.26. The molecule has 0 bridgehead atoms. The van der Waals surface area contributed by atoms with Crippen LogP contribution in [0.4, 0.5) is 11.5 Å². The molecule has 0 spiro atoms. The van der Waals surface area contributed by atoms with Crippen molar-refractivity contribution in [3.63, 3.8) is 0 Å². The van der Waals surface area contributed by atoms with E-state index in [1.807, 2.05) is 37.3 Å². The zero-order valence-electron chi connectivity index (χ0n) is 18.4. The van der Waals surface area contributed by atoms with Crippen LogP contribution >= 0.6 is 0 Å². The highest BCUT2D eigenvalue weighted by atomic mass is 32.2. The van der Waals surface area contributed by atoms with Gasteiger partial charge in [0.25, 0.3) is 0 Å². The van der Waals surface area contributed by atoms with Gasteiger partial charge in [0.1, 0.15) is 11.8 Å². The number of anilines is 2. The highest BCUT2D eigenvalue weighted by Crippen LogP contribution is 2.29. The van der Waals surface area contributed by atoms with Gasteiger partial charge < -0.3 is 10.2 Å². The second kappa shape index (κ2) is 8.60. The van der Waals surface area contributed by atoms with Crippen molar-refractivity contribution < 1.29 is 13.4 Å². The van der Waals surface area contributed by atoms with E-state index < -0.39 is 9.84 Å². The first-order valence-electron chi connectivity index (χ1n) is 10.4. The number of nitrogens with zero attached hydrogens (tertiary/aromatic N) is 3. The van der Waals surface area contributed by atoms with Gasteiger partial charge in [-0.2, -0.15) is 5.26 Å². The van der Waals surface area contributed by atoms with E-state index >= 15 is 0 Å². The van der Waals surface area contributed by atoms with Crippen molar-refractivity contribution in [2.45, 2.75) is 38.3 Å². The molecule has 1 aromatic heterocycles. The number of nitrogens with one attached hydrogen (secondary N) is 2. The van der Waals surface area contributed by atoms with Crippen LogP contribution in [0.3, 0.4) is 0 Å². The number of aromatic nitrogens is 2. The molecule has 0 amide bonds. The number of benzene rings is 2. The molecule has 32 heavy (non-hydrogen) atoms. The Bertz CT molecular complexity index is 1330. The molecular weight excluding hydrogens is 422 g/mol. The van der Waals surface area contributed by atoms with Gasteiger partial charge in [0.2, 0.25) is 12.1 Å². The SMILES string of the molecule is Cc1ccc(N2CCc3nc[nH+]c(NCc4ccc(C)c(S(C)(=O)=O)c4)c3C2)c(C#N)c1. The molecule has 0 atom stereocenters. The molecule has 1 aliphatic rings. The van der Waals surface area contributed by atoms with E-state index in [1.54, 1.807) is 19.3 Å². The summed E-state index contributed by atoms with van der Waals surface area (Å²) in [5, 5.41) is 13.0. The number of sulfone groups is 1. The monoisotopic (exact) mass is 448 g/mol. The predicted octanol–water partition coefficient (Wildman–Crippen LogP) is 2.96. The third kappa shape index (κ3) is 4.43. The summed E-state index contributed by atoms with van der Waals surface area (Å²) < 4.78 is 24.1. The second-order valence-electron chi connectivity index (χ2n) is 8.23. The molecule has 1 aliphatic heterocycles. The Morgan fingerprint density at radius 3 is 2.78 bits per heavy atom. The van der Waals surface area contributed by atoms with Crippen molar-refractivity contribution in [1.82, 2.24) is 4.98 Å². The molecule has 2 heterocycles. The normalized spacial score (nSPS) is 13.4. The van der Waals surface area contributed by atoms with E-state index in [-0.39, 0.29) is 0 Å². The average molecular weight is 449 g/mol. The van der Waals surface area contributed by atoms with Crippen LogP contribution in [-0.2, 0) is 29.3 Å². The summed E-state index contributed by atoms with van der Waals surface area (Å²) in [6.45, 7) is 5.68. The number of H-pyrrole nitrogens is 1. The Kier molecular flexibility index (Phi) is 5.85. The maximum Gasteiger partial charge on any atom is 0.227 e. The lowest BCUT2D eigenvalue weighted by molar-refractivity contribution is -0.367. The second-order valence-corrected chi connectivity index (χ2v) is 10.2. The summed E-state index contributed by atoms with van der Waals surface area (Å²) >= 11 is 0. The topological polar surface area (TPSA) is 100 Å². The van der Waals surface area contributed by atoms with Gasteiger partial charge >= 0.3 is 0 Å². The fraction of sp³-hybridized carbons (Fsp3) is 0.292. The molecule has 0 saturated heterocycles. The molecule has 4 rings (SSSR count). The predicted molar refractivity (Wildman–Crippen MR) is 123 cm³/mol. The van der Waals surface area contributed by atoms with Crippen LogP contribution in [0.15, 0.2) is 47.6 Å². The van der Waals surface area contributed by atoms with Gasteiger partial charge in [-0.1, -0.05) is 18.2 Å². The molecule has 0 saturated carbocycles. The van der Waals surface area contributed by atoms with Crippen LogP contribution in [0, 0.1) is 25.2 Å². The minimum atomic E-state index is -3.28. The van der Waals surface area contributed by atoms with Crippen molar-refractivity contribution >= 4 is 21.3 Å². The van der Waals surface area contributed by atoms with E-state index in [9.17, 15) is 13.7 Å². The van der Waals surface area contributed by atoms with Crippen molar-refractivity contribution in [2.75, 3.05) is 23.0 Å². The molecular formula is C24H26N5O2S+. The zero-order chi connectivity index (χ0) is 22.9. The fourth-order valence-corrected chi connectivity index (χ4v) is 5.12. The van der Waals surface area contributed by atoms with Crippen LogP contribution < -0.4 is 15.2 Å². The first kappa shape index (κ1) is 21.8. The number of aryl methyl sites for hydroxylation is 2. The van der Waals surface area contributed by atoms with Crippen LogP contribution in [-0.4, -0.2) is 26.2 Å². The number of hydrogen-bond donors (Lipinski definition) is 1. The van der Waals surface area contributed by atoms with E-state index in [1.165, 1.54) is 6.26 Å². The Morgan fingerprint density at radius 1 is 1.22 bits per heavy atom. The first-order valence-corrected chi connectivity index (χ1v) is 12.3. The van der Waals surface area contributed by atoms with Crippen LogP contribution in [0.1, 0.15) is 33.5 Å². The molecule has 0 radical (unpaired) electrons. The number of fused-ring (bicyclic) bond motifs is 1. The summed E-state index contributed by atoms with van der Waals surface area (Å²) in [5.74, 6) is 0.854. The Hall–Kier alpha value is -3.44. The first-order chi connectivity index (χ1) is 15.3. The van der Waals surface area contributed by atoms with E-state index in [4.69, 9.17) is 0 Å². The summed E-state index contributed by atoms with van der Waals surface area (Å²) in [6.07, 6.45) is 3.69. The fourth-order valence-electron chi connectivity index (χ4n) is 4.10. The molecule has 2 aromatic carbocycles. The lowest BCUT2D eigenvalue weighted by Gasteiger charge is -2.30. The van der Waals surface area contributed by atoms with E-state index in [0.717, 1.165) is 52.4 Å². The Morgan fingerprint density at radius 2 is 2.03 bits per heavy atom. The largest absolute Gasteiger partial charge is 0.365 e. The van der Waals surface area contributed by atoms with Gasteiger partial charge in [-0.3, -0.25) is 0 Å². The molecule has 2 N–H and O–H groups in total. The quantitative estimate of drug-likeness (QED) is 0.644. The Labute approximate surface area is 188 Å². The lowest BCUT2D eigenvalue weighted by Crippen LogP contribution is -2.34. The van der Waals surface area contributed by atoms with Crippen molar-refractivity contribution in [2.24, 2.45) is 0 Å². The van der Waals surface area contributed by atoms with Crippen molar-refractivity contribution in [3.05, 3.63) is 76.2 Å². The van der Waals surface area contributed by atoms with Gasteiger partial charge in [0.15, 0.2) is 9.84 Å². The van der Waals surface area contributed by atoms with Gasteiger partial charge in [-0.05, 0) is 48.7 Å². The molecule has 8 heteroatoms. The standard InChI is InChI=1S/C24H25N5O2S/c1-16-4-7-22(19(10-16)12-25)29-9-8-21-20(14-29)24(28-15-27-21)26-13-18-6-5-17(2)23(11-18)32(3,30)31/h4-7,10-11,15H,8-9,13-14H2,1-3H3,(H,26,27,28)/p+1. The maximum atomic E-state index is 12.1. The molecule has 0 fully saturated rings. The molecule has 0 unspecified atom stereocenters. The summed E-state index contributed by atoms with van der Waals surface area (Å²) in [7, 11) is -3.28. The Balaban J connectivity index is 1.59. The molecule has 164 valence electrons. The maximum absolute atomic E-state index is 12.1. The van der Waals surface area contributed by atoms with Crippen LogP contribution in [0.25, 0.3) is 0 Å². The van der Waals surface area contributed by atoms with Gasteiger partial charge in [-0.15, -0.1) is 4.98 Å². The van der Waals surface area contributed by atoms with Crippen molar-refractivity contribution in [1.29, 1.82) is 5.26 Å². The minimum absolute atomic E-state index is 0.354. The number of aromatic amines is 1. The molecule has 3 aromatic rings. The van der Waals surface area contributed by atoms with E-state index in [2.05, 4.69) is 26.3 Å². The van der Waals surface area contributed by atoms with E-state index in [0.29, 0.717) is 23.5 Å². The van der Waals surface area contributed by atoms with Crippen molar-refractivity contribution in [3.8, 4) is 6.07 Å². The molecule has 7 nitrogen and oxygen atoms in total. The lowest BCUT2D eigenvalue weighted by atomic mass is 10.0. The number of rotatable bonds is 5. The van der Waals surface area contributed by atoms with Gasteiger partial charge in [-0.25, -0.2) is 13.4 Å². The summed E-state index contributed by atoms with van der Waals surface area (Å²) in [6, 6.07) is 13.7. The average Bonchev–Trinajstić information content (AvgIpc) is 2.77. The summed E-state index contributed by atoms with van der Waals surface area (Å²) in [5.41, 5.74) is 6.36. The van der Waals surface area contributed by atoms with Gasteiger partial charge in [0, 0.05) is 19.2 Å². The number of nitriles is 1. The third-order valence-electron chi connectivity index (χ3n) is 5.78. The van der Waals surface area contributed by atoms with Crippen LogP contribution in [0.2, 0.25) is 0 Å². The highest BCUT2D eigenvalue weighted by molar-refractivity contribution is 7.90. The summed E-state index contributed by atoms with van der Waals surface area (Å²) in [4.78, 5) is 10.3. The molecule has 0 aliphatic carbocycles. The smallest absolute Gasteiger partial charge is 0.227 e. The third-order valence-corrected chi connectivity index (χ3v) is 7.02. The zero-order valence-corrected chi connectivity index (χ0v) is 19.3. The van der Waals surface area contributed by atoms with Gasteiger partial charge in [0.05, 0.1) is 34.8 Å². The minimum Gasteiger partial charge on any atom is -0.365 e. The number of hydrogen-bond acceptors (Lipinski definition) is 6.